The van der Waals surface area contributed by atoms with E-state index < -0.39 is 0 Å². The number of hydrogen-bond acceptors (Lipinski definition) is 2. The molecule has 4 nitrogen and oxygen atoms in total. The highest BCUT2D eigenvalue weighted by Gasteiger charge is 2.17. The first-order chi connectivity index (χ1) is 11.2. The van der Waals surface area contributed by atoms with Gasteiger partial charge in [-0.15, -0.1) is 6.58 Å². The van der Waals surface area contributed by atoms with Crippen molar-refractivity contribution < 1.29 is 0 Å². The Morgan fingerprint density at radius 1 is 1.30 bits per heavy atom. The minimum absolute atomic E-state index is 0.882. The van der Waals surface area contributed by atoms with E-state index >= 15 is 0 Å². The number of nitrogens with one attached hydrogen (secondary N) is 1. The summed E-state index contributed by atoms with van der Waals surface area (Å²) in [5, 5.41) is 3.54. The van der Waals surface area contributed by atoms with Gasteiger partial charge in [-0.05, 0) is 64.1 Å². The molecule has 4 heteroatoms. The Kier molecular flexibility index (Phi) is 10.8. The number of nitrogens with zero attached hydrogens (tertiary/aromatic N) is 3. The number of piperidine rings is 1. The Hall–Kier alpha value is -1.03. The lowest BCUT2D eigenvalue weighted by Crippen LogP contribution is -2.41. The van der Waals surface area contributed by atoms with Crippen LogP contribution in [0.15, 0.2) is 17.6 Å². The molecule has 0 aromatic rings. The fourth-order valence-corrected chi connectivity index (χ4v) is 3.28. The molecule has 0 aromatic heterocycles. The Morgan fingerprint density at radius 2 is 2.04 bits per heavy atom. The molecule has 134 valence electrons. The predicted molar refractivity (Wildman–Crippen MR) is 102 cm³/mol. The third-order valence-electron chi connectivity index (χ3n) is 4.97. The Morgan fingerprint density at radius 3 is 2.65 bits per heavy atom. The fourth-order valence-electron chi connectivity index (χ4n) is 3.28. The van der Waals surface area contributed by atoms with Crippen molar-refractivity contribution in [1.82, 2.24) is 15.1 Å². The second kappa shape index (κ2) is 12.4. The van der Waals surface area contributed by atoms with Gasteiger partial charge in [0, 0.05) is 27.2 Å². The zero-order valence-corrected chi connectivity index (χ0v) is 15.7. The van der Waals surface area contributed by atoms with Crippen molar-refractivity contribution >= 4 is 5.96 Å². The smallest absolute Gasteiger partial charge is 0.193 e. The largest absolute Gasteiger partial charge is 0.356 e. The van der Waals surface area contributed by atoms with Crippen LogP contribution in [-0.2, 0) is 0 Å². The normalized spacial score (nSPS) is 17.3. The molecule has 1 heterocycles. The minimum atomic E-state index is 0.882. The molecule has 0 aliphatic carbocycles. The van der Waals surface area contributed by atoms with Gasteiger partial charge in [0.15, 0.2) is 5.96 Å². The SMILES string of the molecule is C=CCCCCCN(C)C(=NC)NCCC1CCN(CC)CC1. The molecule has 1 N–H and O–H groups in total. The molecule has 0 spiro atoms. The van der Waals surface area contributed by atoms with Crippen molar-refractivity contribution in [3.05, 3.63) is 12.7 Å². The van der Waals surface area contributed by atoms with Crippen LogP contribution in [0.5, 0.6) is 0 Å². The predicted octanol–water partition coefficient (Wildman–Crippen LogP) is 3.36. The first kappa shape index (κ1) is 20.0. The molecule has 0 aromatic carbocycles. The zero-order valence-electron chi connectivity index (χ0n) is 15.7. The first-order valence-corrected chi connectivity index (χ1v) is 9.46. The molecule has 1 aliphatic rings. The number of unbranched alkanes of at least 4 members (excludes halogenated alkanes) is 3. The lowest BCUT2D eigenvalue weighted by molar-refractivity contribution is 0.187. The average molecular weight is 323 g/mol. The highest BCUT2D eigenvalue weighted by molar-refractivity contribution is 5.79. The van der Waals surface area contributed by atoms with Crippen molar-refractivity contribution in [2.75, 3.05) is 46.8 Å². The highest BCUT2D eigenvalue weighted by atomic mass is 15.3. The van der Waals surface area contributed by atoms with E-state index in [0.29, 0.717) is 0 Å². The first-order valence-electron chi connectivity index (χ1n) is 9.46. The van der Waals surface area contributed by atoms with Gasteiger partial charge in [-0.25, -0.2) is 0 Å². The van der Waals surface area contributed by atoms with E-state index in [1.165, 1.54) is 58.2 Å². The van der Waals surface area contributed by atoms with Crippen LogP contribution in [-0.4, -0.2) is 62.6 Å². The maximum absolute atomic E-state index is 4.42. The van der Waals surface area contributed by atoms with Gasteiger partial charge in [0.1, 0.15) is 0 Å². The van der Waals surface area contributed by atoms with Crippen LogP contribution in [0.3, 0.4) is 0 Å². The summed E-state index contributed by atoms with van der Waals surface area (Å²) in [6, 6.07) is 0. The molecule has 0 unspecified atom stereocenters. The van der Waals surface area contributed by atoms with Crippen LogP contribution in [0.4, 0.5) is 0 Å². The minimum Gasteiger partial charge on any atom is -0.356 e. The number of rotatable bonds is 10. The number of aliphatic imine (C=N–C) groups is 1. The van der Waals surface area contributed by atoms with Crippen LogP contribution in [0, 0.1) is 5.92 Å². The topological polar surface area (TPSA) is 30.9 Å². The van der Waals surface area contributed by atoms with E-state index in [4.69, 9.17) is 0 Å². The zero-order chi connectivity index (χ0) is 16.9. The fraction of sp³-hybridized carbons (Fsp3) is 0.842. The van der Waals surface area contributed by atoms with Crippen molar-refractivity contribution in [3.8, 4) is 0 Å². The summed E-state index contributed by atoms with van der Waals surface area (Å²) in [5.41, 5.74) is 0. The molecule has 1 saturated heterocycles. The highest BCUT2D eigenvalue weighted by Crippen LogP contribution is 2.19. The molecule has 23 heavy (non-hydrogen) atoms. The van der Waals surface area contributed by atoms with E-state index in [9.17, 15) is 0 Å². The van der Waals surface area contributed by atoms with Crippen LogP contribution in [0.2, 0.25) is 0 Å². The van der Waals surface area contributed by atoms with Gasteiger partial charge in [0.25, 0.3) is 0 Å². The Balaban J connectivity index is 2.14. The van der Waals surface area contributed by atoms with Crippen molar-refractivity contribution in [2.24, 2.45) is 10.9 Å². The number of likely N-dealkylation sites (tertiary alicyclic amines) is 1. The van der Waals surface area contributed by atoms with E-state index in [2.05, 4.69) is 40.7 Å². The average Bonchev–Trinajstić information content (AvgIpc) is 2.59. The number of allylic oxidation sites excluding steroid dienone is 1. The van der Waals surface area contributed by atoms with Crippen molar-refractivity contribution in [1.29, 1.82) is 0 Å². The lowest BCUT2D eigenvalue weighted by atomic mass is 9.93. The summed E-state index contributed by atoms with van der Waals surface area (Å²) in [6.45, 7) is 11.9. The maximum Gasteiger partial charge on any atom is 0.193 e. The van der Waals surface area contributed by atoms with Gasteiger partial charge in [-0.1, -0.05) is 19.4 Å². The van der Waals surface area contributed by atoms with E-state index in [1.54, 1.807) is 0 Å². The second-order valence-electron chi connectivity index (χ2n) is 6.70. The van der Waals surface area contributed by atoms with Crippen LogP contribution in [0.1, 0.15) is 51.9 Å². The van der Waals surface area contributed by atoms with Crippen molar-refractivity contribution in [2.45, 2.75) is 51.9 Å². The van der Waals surface area contributed by atoms with Gasteiger partial charge in [0.2, 0.25) is 0 Å². The molecule has 0 radical (unpaired) electrons. The molecule has 0 amide bonds. The maximum atomic E-state index is 4.42. The Bertz CT molecular complexity index is 332. The van der Waals surface area contributed by atoms with Gasteiger partial charge in [-0.2, -0.15) is 0 Å². The third kappa shape index (κ3) is 8.40. The van der Waals surface area contributed by atoms with Gasteiger partial charge in [0.05, 0.1) is 0 Å². The van der Waals surface area contributed by atoms with Gasteiger partial charge < -0.3 is 15.1 Å². The van der Waals surface area contributed by atoms with E-state index in [1.807, 2.05) is 13.1 Å². The van der Waals surface area contributed by atoms with Gasteiger partial charge in [-0.3, -0.25) is 4.99 Å². The number of hydrogen-bond donors (Lipinski definition) is 1. The second-order valence-corrected chi connectivity index (χ2v) is 6.70. The van der Waals surface area contributed by atoms with E-state index in [0.717, 1.165) is 31.4 Å². The molecule has 1 rings (SSSR count). The van der Waals surface area contributed by atoms with Crippen LogP contribution < -0.4 is 5.32 Å². The summed E-state index contributed by atoms with van der Waals surface area (Å²) < 4.78 is 0. The van der Waals surface area contributed by atoms with E-state index in [-0.39, 0.29) is 0 Å². The van der Waals surface area contributed by atoms with Crippen LogP contribution >= 0.6 is 0 Å². The van der Waals surface area contributed by atoms with Crippen molar-refractivity contribution in [3.63, 3.8) is 0 Å². The molecule has 0 bridgehead atoms. The summed E-state index contributed by atoms with van der Waals surface area (Å²) in [6.07, 6.45) is 10.9. The number of guanidine groups is 1. The molecular weight excluding hydrogens is 284 g/mol. The summed E-state index contributed by atoms with van der Waals surface area (Å²) in [5.74, 6) is 1.92. The summed E-state index contributed by atoms with van der Waals surface area (Å²) in [4.78, 5) is 9.23. The molecule has 0 atom stereocenters. The molecule has 1 aliphatic heterocycles. The van der Waals surface area contributed by atoms with Gasteiger partial charge >= 0.3 is 0 Å². The standard InChI is InChI=1S/C19H38N4/c1-5-7-8-9-10-15-22(4)19(20-3)21-14-11-18-12-16-23(6-2)17-13-18/h5,18H,1,6-17H2,2-4H3,(H,20,21). The molecular formula is C19H38N4. The molecule has 0 saturated carbocycles. The summed E-state index contributed by atoms with van der Waals surface area (Å²) in [7, 11) is 4.03. The molecule has 1 fully saturated rings. The quantitative estimate of drug-likeness (QED) is 0.289. The Labute approximate surface area is 144 Å². The van der Waals surface area contributed by atoms with Crippen LogP contribution in [0.25, 0.3) is 0 Å². The third-order valence-corrected chi connectivity index (χ3v) is 4.97. The monoisotopic (exact) mass is 322 g/mol. The summed E-state index contributed by atoms with van der Waals surface area (Å²) >= 11 is 0. The lowest BCUT2D eigenvalue weighted by Gasteiger charge is -2.31.